The highest BCUT2D eigenvalue weighted by molar-refractivity contribution is 9.10. The largest absolute Gasteiger partial charge is 0.481 e. The van der Waals surface area contributed by atoms with Gasteiger partial charge in [0.15, 0.2) is 0 Å². The van der Waals surface area contributed by atoms with Crippen LogP contribution < -0.4 is 4.90 Å². The average molecular weight is 455 g/mol. The Hall–Kier alpha value is -2.04. The first-order chi connectivity index (χ1) is 12.2. The Balaban J connectivity index is 2.11. The van der Waals surface area contributed by atoms with Gasteiger partial charge in [-0.2, -0.15) is 0 Å². The summed E-state index contributed by atoms with van der Waals surface area (Å²) in [6, 6.07) is 4.98. The monoisotopic (exact) mass is 454 g/mol. The van der Waals surface area contributed by atoms with E-state index in [1.807, 2.05) is 0 Å². The third-order valence-corrected chi connectivity index (χ3v) is 5.77. The topological polar surface area (TPSA) is 95.0 Å². The standard InChI is InChI=1S/C16H11BrN2O5S2/c1-7(20)19-10-3-2-8(17)6-9(10)12(14(19)23)13-15(24)18(16(25)26-13)5-4-11(21)22/h2-3,6H,4-5H2,1H3,(H,21,22). The number of amides is 3. The Morgan fingerprint density at radius 1 is 1.27 bits per heavy atom. The number of rotatable bonds is 3. The molecule has 0 unspecified atom stereocenters. The maximum atomic E-state index is 12.8. The number of nitrogens with zero attached hydrogens (tertiary/aromatic N) is 2. The zero-order valence-electron chi connectivity index (χ0n) is 13.3. The lowest BCUT2D eigenvalue weighted by Gasteiger charge is -2.12. The van der Waals surface area contributed by atoms with Crippen molar-refractivity contribution < 1.29 is 24.3 Å². The number of carboxylic acid groups (broad SMARTS) is 1. The molecule has 3 rings (SSSR count). The van der Waals surface area contributed by atoms with Crippen LogP contribution in [0.3, 0.4) is 0 Å². The number of halogens is 1. The van der Waals surface area contributed by atoms with Crippen LogP contribution in [0.15, 0.2) is 27.6 Å². The average Bonchev–Trinajstić information content (AvgIpc) is 2.98. The summed E-state index contributed by atoms with van der Waals surface area (Å²) in [6.45, 7) is 1.19. The smallest absolute Gasteiger partial charge is 0.305 e. The fourth-order valence-corrected chi connectivity index (χ4v) is 4.46. The van der Waals surface area contributed by atoms with E-state index in [9.17, 15) is 19.2 Å². The normalized spacial score (nSPS) is 19.4. The molecule has 2 aliphatic heterocycles. The van der Waals surface area contributed by atoms with Crippen LogP contribution in [-0.4, -0.2) is 44.6 Å². The number of hydrogen-bond acceptors (Lipinski definition) is 6. The predicted molar refractivity (Wildman–Crippen MR) is 103 cm³/mol. The van der Waals surface area contributed by atoms with Crippen molar-refractivity contribution in [1.29, 1.82) is 0 Å². The Kier molecular flexibility index (Phi) is 5.00. The van der Waals surface area contributed by atoms with Crippen LogP contribution in [0.1, 0.15) is 18.9 Å². The lowest BCUT2D eigenvalue weighted by molar-refractivity contribution is -0.137. The molecule has 3 amide bonds. The number of carboxylic acids is 1. The number of benzene rings is 1. The van der Waals surface area contributed by atoms with E-state index >= 15 is 0 Å². The molecular weight excluding hydrogens is 444 g/mol. The second kappa shape index (κ2) is 6.93. The molecule has 2 aliphatic rings. The number of thiocarbonyl (C=S) groups is 1. The zero-order valence-corrected chi connectivity index (χ0v) is 16.5. The fraction of sp³-hybridized carbons (Fsp3) is 0.188. The zero-order chi connectivity index (χ0) is 19.2. The molecule has 134 valence electrons. The summed E-state index contributed by atoms with van der Waals surface area (Å²) >= 11 is 9.43. The van der Waals surface area contributed by atoms with Crippen molar-refractivity contribution in [2.45, 2.75) is 13.3 Å². The van der Waals surface area contributed by atoms with E-state index in [-0.39, 0.29) is 27.8 Å². The number of carbonyl (C=O) groups is 4. The second-order valence-corrected chi connectivity index (χ2v) is 8.05. The van der Waals surface area contributed by atoms with E-state index < -0.39 is 23.7 Å². The van der Waals surface area contributed by atoms with Crippen LogP contribution in [0.5, 0.6) is 0 Å². The van der Waals surface area contributed by atoms with Gasteiger partial charge >= 0.3 is 5.97 Å². The molecule has 0 radical (unpaired) electrons. The van der Waals surface area contributed by atoms with Crippen molar-refractivity contribution in [2.75, 3.05) is 11.4 Å². The van der Waals surface area contributed by atoms with Crippen molar-refractivity contribution in [1.82, 2.24) is 4.90 Å². The summed E-state index contributed by atoms with van der Waals surface area (Å²) in [6.07, 6.45) is -0.259. The molecule has 1 aromatic rings. The molecule has 26 heavy (non-hydrogen) atoms. The summed E-state index contributed by atoms with van der Waals surface area (Å²) in [4.78, 5) is 50.6. The number of fused-ring (bicyclic) bond motifs is 1. The number of aliphatic carboxylic acids is 1. The Morgan fingerprint density at radius 3 is 2.58 bits per heavy atom. The van der Waals surface area contributed by atoms with Gasteiger partial charge in [0.1, 0.15) is 4.32 Å². The van der Waals surface area contributed by atoms with E-state index in [1.54, 1.807) is 18.2 Å². The highest BCUT2D eigenvalue weighted by Gasteiger charge is 2.43. The van der Waals surface area contributed by atoms with Crippen LogP contribution in [0.2, 0.25) is 0 Å². The number of anilines is 1. The molecule has 0 atom stereocenters. The van der Waals surface area contributed by atoms with Crippen molar-refractivity contribution in [3.63, 3.8) is 0 Å². The van der Waals surface area contributed by atoms with Crippen LogP contribution in [0, 0.1) is 0 Å². The minimum absolute atomic E-state index is 0.0767. The summed E-state index contributed by atoms with van der Waals surface area (Å²) in [5, 5.41) is 8.82. The molecule has 0 bridgehead atoms. The van der Waals surface area contributed by atoms with Gasteiger partial charge in [0, 0.05) is 23.5 Å². The van der Waals surface area contributed by atoms with Crippen LogP contribution in [-0.2, 0) is 19.2 Å². The number of hydrogen-bond donors (Lipinski definition) is 1. The predicted octanol–water partition coefficient (Wildman–Crippen LogP) is 2.39. The molecule has 1 saturated heterocycles. The van der Waals surface area contributed by atoms with Gasteiger partial charge in [-0.05, 0) is 18.2 Å². The fourth-order valence-electron chi connectivity index (χ4n) is 2.72. The van der Waals surface area contributed by atoms with Crippen molar-refractivity contribution in [2.24, 2.45) is 0 Å². The lowest BCUT2D eigenvalue weighted by atomic mass is 10.1. The molecule has 0 saturated carbocycles. The highest BCUT2D eigenvalue weighted by Crippen LogP contribution is 2.45. The maximum Gasteiger partial charge on any atom is 0.305 e. The van der Waals surface area contributed by atoms with Crippen LogP contribution in [0.25, 0.3) is 5.57 Å². The lowest BCUT2D eigenvalue weighted by Crippen LogP contribution is -2.32. The summed E-state index contributed by atoms with van der Waals surface area (Å²) in [7, 11) is 0. The quantitative estimate of drug-likeness (QED) is 0.553. The van der Waals surface area contributed by atoms with Gasteiger partial charge in [-0.15, -0.1) is 0 Å². The first-order valence-electron chi connectivity index (χ1n) is 7.37. The summed E-state index contributed by atoms with van der Waals surface area (Å²) in [5.74, 6) is -2.64. The Bertz CT molecular complexity index is 927. The van der Waals surface area contributed by atoms with Gasteiger partial charge in [-0.25, -0.2) is 4.90 Å². The molecule has 0 aromatic heterocycles. The van der Waals surface area contributed by atoms with Crippen LogP contribution >= 0.6 is 39.9 Å². The Morgan fingerprint density at radius 2 is 1.96 bits per heavy atom. The van der Waals surface area contributed by atoms with Crippen molar-refractivity contribution in [3.05, 3.63) is 33.1 Å². The molecule has 0 spiro atoms. The molecule has 1 fully saturated rings. The molecular formula is C16H11BrN2O5S2. The van der Waals surface area contributed by atoms with Gasteiger partial charge in [0.2, 0.25) is 5.91 Å². The molecule has 10 heteroatoms. The van der Waals surface area contributed by atoms with Crippen molar-refractivity contribution in [3.8, 4) is 0 Å². The first kappa shape index (κ1) is 18.7. The minimum atomic E-state index is -1.05. The van der Waals surface area contributed by atoms with Crippen LogP contribution in [0.4, 0.5) is 5.69 Å². The van der Waals surface area contributed by atoms with Gasteiger partial charge < -0.3 is 5.11 Å². The number of thioether (sulfide) groups is 1. The van der Waals surface area contributed by atoms with Gasteiger partial charge in [0.05, 0.1) is 22.6 Å². The van der Waals surface area contributed by atoms with E-state index in [1.165, 1.54) is 6.92 Å². The third-order valence-electron chi connectivity index (χ3n) is 3.83. The summed E-state index contributed by atoms with van der Waals surface area (Å²) < 4.78 is 0.873. The molecule has 7 nitrogen and oxygen atoms in total. The molecule has 2 heterocycles. The Labute approximate surface area is 166 Å². The minimum Gasteiger partial charge on any atom is -0.481 e. The number of imide groups is 1. The second-order valence-electron chi connectivity index (χ2n) is 5.49. The highest BCUT2D eigenvalue weighted by atomic mass is 79.9. The van der Waals surface area contributed by atoms with E-state index in [0.717, 1.165) is 21.6 Å². The molecule has 1 N–H and O–H groups in total. The maximum absolute atomic E-state index is 12.8. The molecule has 1 aromatic carbocycles. The SMILES string of the molecule is CC(=O)N1C(=O)C(=C2SC(=S)N(CCC(=O)O)C2=O)c2cc(Br)ccc21. The van der Waals surface area contributed by atoms with Gasteiger partial charge in [0.25, 0.3) is 11.8 Å². The number of carbonyl (C=O) groups excluding carboxylic acids is 3. The van der Waals surface area contributed by atoms with E-state index in [0.29, 0.717) is 15.7 Å². The molecule has 0 aliphatic carbocycles. The third kappa shape index (κ3) is 3.08. The van der Waals surface area contributed by atoms with Gasteiger partial charge in [-0.3, -0.25) is 24.1 Å². The van der Waals surface area contributed by atoms with Gasteiger partial charge in [-0.1, -0.05) is 39.9 Å². The summed E-state index contributed by atoms with van der Waals surface area (Å²) in [5.41, 5.74) is 0.960. The van der Waals surface area contributed by atoms with Crippen molar-refractivity contribution >= 4 is 79.2 Å². The van der Waals surface area contributed by atoms with E-state index in [4.69, 9.17) is 17.3 Å². The first-order valence-corrected chi connectivity index (χ1v) is 9.39. The van der Waals surface area contributed by atoms with E-state index in [2.05, 4.69) is 15.9 Å².